The molecule has 4 fully saturated rings. The Labute approximate surface area is 289 Å². The van der Waals surface area contributed by atoms with Crippen LogP contribution in [0.5, 0.6) is 0 Å². The summed E-state index contributed by atoms with van der Waals surface area (Å²) in [6.07, 6.45) is -4.88. The predicted molar refractivity (Wildman–Crippen MR) is 180 cm³/mol. The fraction of sp³-hybridized carbons (Fsp3) is 0.703. The molecule has 1 saturated heterocycles. The van der Waals surface area contributed by atoms with Crippen LogP contribution in [0.2, 0.25) is 18.1 Å². The summed E-state index contributed by atoms with van der Waals surface area (Å²) in [5.41, 5.74) is -6.46. The van der Waals surface area contributed by atoms with Crippen LogP contribution in [0, 0.1) is 28.6 Å². The van der Waals surface area contributed by atoms with E-state index in [-0.39, 0.29) is 24.4 Å². The van der Waals surface area contributed by atoms with E-state index in [0.29, 0.717) is 0 Å². The molecule has 1 aliphatic heterocycles. The number of carbonyl (C=O) groups excluding carboxylic acids is 5. The second-order valence-electron chi connectivity index (χ2n) is 15.4. The SMILES string of the molecule is CC[Si](CC)(CC)O[C@H]1C[C@H]2OC[C@@]2(OC(C)=O)[C@H]2[C@H](OC(=O)c3ccccc3)[C@@]3(O)CC(=O)[C@@H](C)[C@H]([C@@H](OC(C)=O)C(=O)[C@]12C)C3(C)C. The van der Waals surface area contributed by atoms with Gasteiger partial charge in [-0.3, -0.25) is 19.2 Å². The van der Waals surface area contributed by atoms with Crippen molar-refractivity contribution in [2.75, 3.05) is 6.61 Å². The van der Waals surface area contributed by atoms with Gasteiger partial charge in [0, 0.05) is 43.9 Å². The zero-order valence-corrected chi connectivity index (χ0v) is 31.2. The van der Waals surface area contributed by atoms with E-state index in [9.17, 15) is 24.3 Å². The minimum absolute atomic E-state index is 0.142. The standard InChI is InChI=1S/C37H52O11Si/c1-10-49(11-2,12-3)48-26-18-27-36(20-44-27,47-23(6)39)30-32(46-33(42)24-16-14-13-15-17-24)37(43)19-25(40)21(4)28(34(37,7)8)29(45-22(5)38)31(41)35(26,30)9/h13-17,21,26-30,32,43H,10-12,18-20H2,1-9H3/t21-,26+,27-,28-,29-,30+,32+,35-,36+,37+/m1/s1. The van der Waals surface area contributed by atoms with Crippen molar-refractivity contribution >= 4 is 37.8 Å². The molecule has 10 atom stereocenters. The lowest BCUT2D eigenvalue weighted by molar-refractivity contribution is -0.349. The third-order valence-electron chi connectivity index (χ3n) is 12.8. The summed E-state index contributed by atoms with van der Waals surface area (Å²) in [6.45, 7) is 15.3. The number of hydrogen-bond donors (Lipinski definition) is 1. The molecule has 0 unspecified atom stereocenters. The summed E-state index contributed by atoms with van der Waals surface area (Å²) in [7, 11) is -2.48. The number of Topliss-reactive ketones (excluding diaryl/α,β-unsaturated/α-hetero) is 2. The van der Waals surface area contributed by atoms with E-state index in [1.807, 2.05) is 0 Å². The minimum atomic E-state index is -2.48. The smallest absolute Gasteiger partial charge is 0.338 e. The van der Waals surface area contributed by atoms with Crippen LogP contribution in [0.25, 0.3) is 0 Å². The topological polar surface area (TPSA) is 152 Å². The lowest BCUT2D eigenvalue weighted by Gasteiger charge is -2.69. The van der Waals surface area contributed by atoms with Gasteiger partial charge < -0.3 is 28.5 Å². The van der Waals surface area contributed by atoms with Crippen LogP contribution in [-0.4, -0.2) is 85.1 Å². The van der Waals surface area contributed by atoms with E-state index >= 15 is 4.79 Å². The second-order valence-corrected chi connectivity index (χ2v) is 20.1. The molecule has 3 aliphatic carbocycles. The second kappa shape index (κ2) is 13.0. The highest BCUT2D eigenvalue weighted by molar-refractivity contribution is 6.73. The molecular formula is C37H52O11Si. The van der Waals surface area contributed by atoms with Gasteiger partial charge >= 0.3 is 17.9 Å². The summed E-state index contributed by atoms with van der Waals surface area (Å²) in [4.78, 5) is 69.4. The Kier molecular flexibility index (Phi) is 9.90. The molecule has 3 saturated carbocycles. The van der Waals surface area contributed by atoms with Gasteiger partial charge in [0.05, 0.1) is 29.6 Å². The first kappa shape index (κ1) is 37.3. The lowest BCUT2D eigenvalue weighted by atomic mass is 9.42. The minimum Gasteiger partial charge on any atom is -0.455 e. The predicted octanol–water partition coefficient (Wildman–Crippen LogP) is 4.83. The van der Waals surface area contributed by atoms with E-state index in [2.05, 4.69) is 20.8 Å². The maximum absolute atomic E-state index is 15.6. The summed E-state index contributed by atoms with van der Waals surface area (Å²) in [6, 6.07) is 10.5. The quantitative estimate of drug-likeness (QED) is 0.214. The fourth-order valence-electron chi connectivity index (χ4n) is 9.70. The third-order valence-corrected chi connectivity index (χ3v) is 17.5. The molecule has 5 rings (SSSR count). The van der Waals surface area contributed by atoms with Crippen molar-refractivity contribution < 1.29 is 52.5 Å². The van der Waals surface area contributed by atoms with Gasteiger partial charge in [0.2, 0.25) is 0 Å². The number of ketones is 2. The molecule has 2 bridgehead atoms. The van der Waals surface area contributed by atoms with Gasteiger partial charge in [0.15, 0.2) is 25.8 Å². The van der Waals surface area contributed by atoms with Crippen LogP contribution in [-0.2, 0) is 42.6 Å². The van der Waals surface area contributed by atoms with Crippen LogP contribution >= 0.6 is 0 Å². The Bertz CT molecular complexity index is 1480. The molecule has 0 amide bonds. The Morgan fingerprint density at radius 3 is 2.08 bits per heavy atom. The number of esters is 3. The summed E-state index contributed by atoms with van der Waals surface area (Å²) in [5.74, 6) is -6.09. The van der Waals surface area contributed by atoms with E-state index in [1.165, 1.54) is 13.8 Å². The highest BCUT2D eigenvalue weighted by Gasteiger charge is 2.79. The molecule has 4 aliphatic rings. The van der Waals surface area contributed by atoms with Crippen molar-refractivity contribution in [2.24, 2.45) is 28.6 Å². The zero-order valence-electron chi connectivity index (χ0n) is 30.2. The van der Waals surface area contributed by atoms with Gasteiger partial charge in [-0.2, -0.15) is 0 Å². The van der Waals surface area contributed by atoms with E-state index in [1.54, 1.807) is 58.0 Å². The van der Waals surface area contributed by atoms with Gasteiger partial charge in [0.1, 0.15) is 23.6 Å². The Hall–Kier alpha value is -2.93. The maximum Gasteiger partial charge on any atom is 0.338 e. The number of benzene rings is 1. The molecule has 0 spiro atoms. The third kappa shape index (κ3) is 5.61. The average molecular weight is 701 g/mol. The monoisotopic (exact) mass is 700 g/mol. The number of hydrogen-bond acceptors (Lipinski definition) is 11. The Morgan fingerprint density at radius 1 is 0.959 bits per heavy atom. The molecular weight excluding hydrogens is 648 g/mol. The highest BCUT2D eigenvalue weighted by Crippen LogP contribution is 2.65. The van der Waals surface area contributed by atoms with Crippen molar-refractivity contribution in [1.29, 1.82) is 0 Å². The Morgan fingerprint density at radius 2 is 1.57 bits per heavy atom. The van der Waals surface area contributed by atoms with Gasteiger partial charge in [-0.1, -0.05) is 59.7 Å². The average Bonchev–Trinajstić information content (AvgIpc) is 3.04. The molecule has 270 valence electrons. The first-order chi connectivity index (χ1) is 22.9. The fourth-order valence-corrected chi connectivity index (χ4v) is 12.6. The first-order valence-corrected chi connectivity index (χ1v) is 20.1. The molecule has 1 aromatic carbocycles. The molecule has 0 radical (unpaired) electrons. The van der Waals surface area contributed by atoms with Crippen molar-refractivity contribution in [3.05, 3.63) is 35.9 Å². The van der Waals surface area contributed by atoms with Gasteiger partial charge in [-0.15, -0.1) is 0 Å². The van der Waals surface area contributed by atoms with Gasteiger partial charge in [-0.25, -0.2) is 4.79 Å². The summed E-state index contributed by atoms with van der Waals surface area (Å²) in [5, 5.41) is 13.2. The van der Waals surface area contributed by atoms with Crippen molar-refractivity contribution in [1.82, 2.24) is 0 Å². The molecule has 1 aromatic rings. The summed E-state index contributed by atoms with van der Waals surface area (Å²) < 4.78 is 31.9. The Balaban J connectivity index is 1.87. The van der Waals surface area contributed by atoms with Crippen LogP contribution in [0.1, 0.15) is 85.5 Å². The van der Waals surface area contributed by atoms with E-state index in [4.69, 9.17) is 23.4 Å². The largest absolute Gasteiger partial charge is 0.455 e. The van der Waals surface area contributed by atoms with Crippen molar-refractivity contribution in [3.63, 3.8) is 0 Å². The zero-order chi connectivity index (χ0) is 36.3. The van der Waals surface area contributed by atoms with Crippen LogP contribution in [0.3, 0.4) is 0 Å². The van der Waals surface area contributed by atoms with Crippen LogP contribution in [0.15, 0.2) is 30.3 Å². The first-order valence-electron chi connectivity index (χ1n) is 17.6. The number of carbonyl (C=O) groups is 5. The normalized spacial score (nSPS) is 38.1. The van der Waals surface area contributed by atoms with Crippen LogP contribution in [0.4, 0.5) is 0 Å². The molecule has 1 N–H and O–H groups in total. The van der Waals surface area contributed by atoms with Crippen molar-refractivity contribution in [3.8, 4) is 0 Å². The molecule has 1 heterocycles. The van der Waals surface area contributed by atoms with Gasteiger partial charge in [0.25, 0.3) is 0 Å². The lowest BCUT2D eigenvalue weighted by Crippen LogP contribution is -2.83. The number of aliphatic hydroxyl groups is 1. The molecule has 12 heteroatoms. The number of ether oxygens (including phenoxy) is 4. The molecule has 0 aromatic heterocycles. The van der Waals surface area contributed by atoms with Gasteiger partial charge in [-0.05, 0) is 37.2 Å². The maximum atomic E-state index is 15.6. The number of fused-ring (bicyclic) bond motifs is 5. The van der Waals surface area contributed by atoms with Crippen LogP contribution < -0.4 is 0 Å². The van der Waals surface area contributed by atoms with E-state index < -0.39 is 103 Å². The van der Waals surface area contributed by atoms with E-state index in [0.717, 1.165) is 18.1 Å². The molecule has 11 nitrogen and oxygen atoms in total. The number of rotatable bonds is 9. The van der Waals surface area contributed by atoms with Crippen molar-refractivity contribution in [2.45, 2.75) is 129 Å². The summed E-state index contributed by atoms with van der Waals surface area (Å²) >= 11 is 0. The highest BCUT2D eigenvalue weighted by atomic mass is 28.4. The molecule has 49 heavy (non-hydrogen) atoms.